The van der Waals surface area contributed by atoms with E-state index in [0.717, 1.165) is 11.1 Å². The minimum absolute atomic E-state index is 0.101. The monoisotopic (exact) mass is 450 g/mol. The van der Waals surface area contributed by atoms with Gasteiger partial charge >= 0.3 is 0 Å². The molecule has 5 nitrogen and oxygen atoms in total. The molecule has 0 unspecified atom stereocenters. The summed E-state index contributed by atoms with van der Waals surface area (Å²) in [6.07, 6.45) is 1.51. The first kappa shape index (κ1) is 21.8. The van der Waals surface area contributed by atoms with Crippen molar-refractivity contribution in [3.05, 3.63) is 95.4 Å². The Balaban J connectivity index is 1.64. The number of aryl methyl sites for hydroxylation is 2. The van der Waals surface area contributed by atoms with Crippen molar-refractivity contribution in [2.45, 2.75) is 31.0 Å². The topological polar surface area (TPSA) is 68.2 Å². The minimum Gasteiger partial charge on any atom is -0.337 e. The lowest BCUT2D eigenvalue weighted by atomic mass is 10.1. The van der Waals surface area contributed by atoms with E-state index in [0.29, 0.717) is 22.2 Å². The Morgan fingerprint density at radius 2 is 1.69 bits per heavy atom. The molecule has 0 aliphatic heterocycles. The molecule has 0 spiro atoms. The van der Waals surface area contributed by atoms with Crippen LogP contribution < -0.4 is 5.32 Å². The molecule has 164 valence electrons. The van der Waals surface area contributed by atoms with E-state index in [9.17, 15) is 17.6 Å². The van der Waals surface area contributed by atoms with Crippen molar-refractivity contribution < 1.29 is 17.6 Å². The number of para-hydroxylation sites is 1. The second kappa shape index (κ2) is 8.59. The van der Waals surface area contributed by atoms with Gasteiger partial charge in [0.15, 0.2) is 9.84 Å². The number of hydrogen-bond acceptors (Lipinski definition) is 3. The third kappa shape index (κ3) is 4.43. The molecule has 1 amide bonds. The van der Waals surface area contributed by atoms with Crippen LogP contribution in [0.5, 0.6) is 0 Å². The molecule has 4 aromatic rings. The third-order valence-electron chi connectivity index (χ3n) is 5.46. The number of nitrogens with one attached hydrogen (secondary N) is 1. The smallest absolute Gasteiger partial charge is 0.244 e. The van der Waals surface area contributed by atoms with Gasteiger partial charge in [0.05, 0.1) is 10.6 Å². The van der Waals surface area contributed by atoms with E-state index in [1.54, 1.807) is 54.0 Å². The molecule has 32 heavy (non-hydrogen) atoms. The van der Waals surface area contributed by atoms with Gasteiger partial charge in [-0.2, -0.15) is 0 Å². The molecular formula is C25H23FN2O3S. The van der Waals surface area contributed by atoms with Crippen molar-refractivity contribution in [2.24, 2.45) is 0 Å². The summed E-state index contributed by atoms with van der Waals surface area (Å²) in [6, 6.07) is 18.9. The second-order valence-electron chi connectivity index (χ2n) is 7.84. The Morgan fingerprint density at radius 3 is 2.44 bits per heavy atom. The number of fused-ring (bicyclic) bond motifs is 1. The Hall–Kier alpha value is -3.45. The highest BCUT2D eigenvalue weighted by molar-refractivity contribution is 7.90. The molecule has 0 fully saturated rings. The lowest BCUT2D eigenvalue weighted by molar-refractivity contribution is -0.116. The third-order valence-corrected chi connectivity index (χ3v) is 7.15. The number of halogens is 1. The van der Waals surface area contributed by atoms with E-state index in [1.807, 2.05) is 25.1 Å². The average molecular weight is 451 g/mol. The second-order valence-corrected chi connectivity index (χ2v) is 9.79. The van der Waals surface area contributed by atoms with Crippen LogP contribution in [0.15, 0.2) is 77.8 Å². The molecule has 1 heterocycles. The quantitative estimate of drug-likeness (QED) is 0.449. The van der Waals surface area contributed by atoms with E-state index in [-0.39, 0.29) is 23.1 Å². The summed E-state index contributed by atoms with van der Waals surface area (Å²) in [4.78, 5) is 12.8. The maximum absolute atomic E-state index is 13.8. The van der Waals surface area contributed by atoms with Gasteiger partial charge in [-0.05, 0) is 48.7 Å². The van der Waals surface area contributed by atoms with Crippen molar-refractivity contribution in [2.75, 3.05) is 5.32 Å². The molecule has 4 rings (SSSR count). The molecule has 0 radical (unpaired) electrons. The highest BCUT2D eigenvalue weighted by Gasteiger charge is 2.23. The summed E-state index contributed by atoms with van der Waals surface area (Å²) < 4.78 is 41.9. The number of aromatic nitrogens is 1. The first-order valence-electron chi connectivity index (χ1n) is 10.2. The number of hydrogen-bond donors (Lipinski definition) is 1. The highest BCUT2D eigenvalue weighted by Crippen LogP contribution is 2.28. The van der Waals surface area contributed by atoms with Gasteiger partial charge in [0.2, 0.25) is 5.91 Å². The summed E-state index contributed by atoms with van der Waals surface area (Å²) in [5, 5.41) is 3.23. The minimum atomic E-state index is -3.65. The fourth-order valence-corrected chi connectivity index (χ4v) is 5.36. The molecule has 3 aromatic carbocycles. The molecule has 1 aromatic heterocycles. The molecule has 0 bridgehead atoms. The number of rotatable bonds is 6. The number of benzene rings is 3. The van der Waals surface area contributed by atoms with Crippen molar-refractivity contribution in [1.82, 2.24) is 4.57 Å². The standard InChI is InChI=1S/C25H23FN2O3S/c1-17-7-3-4-8-19(17)16-32(30,31)24-14-28(23-10-6-5-9-21(23)24)15-25(29)27-20-12-11-18(2)22(26)13-20/h3-14H,15-16H2,1-2H3,(H,27,29). The van der Waals surface area contributed by atoms with Crippen LogP contribution in [0.3, 0.4) is 0 Å². The number of carbonyl (C=O) groups is 1. The van der Waals surface area contributed by atoms with Gasteiger partial charge in [-0.1, -0.05) is 48.5 Å². The normalized spacial score (nSPS) is 11.6. The fraction of sp³-hybridized carbons (Fsp3) is 0.160. The van der Waals surface area contributed by atoms with Crippen LogP contribution >= 0.6 is 0 Å². The maximum Gasteiger partial charge on any atom is 0.244 e. The van der Waals surface area contributed by atoms with Crippen LogP contribution in [0.1, 0.15) is 16.7 Å². The van der Waals surface area contributed by atoms with Gasteiger partial charge < -0.3 is 9.88 Å². The van der Waals surface area contributed by atoms with E-state index in [4.69, 9.17) is 0 Å². The number of sulfone groups is 1. The van der Waals surface area contributed by atoms with Crippen molar-refractivity contribution in [3.8, 4) is 0 Å². The summed E-state index contributed by atoms with van der Waals surface area (Å²) in [7, 11) is -3.65. The van der Waals surface area contributed by atoms with Crippen LogP contribution in [0.2, 0.25) is 0 Å². The predicted octanol–water partition coefficient (Wildman–Crippen LogP) is 5.01. The largest absolute Gasteiger partial charge is 0.337 e. The molecule has 0 aliphatic rings. The Kier molecular flexibility index (Phi) is 5.84. The zero-order valence-electron chi connectivity index (χ0n) is 17.8. The van der Waals surface area contributed by atoms with Gasteiger partial charge in [0, 0.05) is 22.8 Å². The SMILES string of the molecule is Cc1ccc(NC(=O)Cn2cc(S(=O)(=O)Cc3ccccc3C)c3ccccc32)cc1F. The molecule has 1 N–H and O–H groups in total. The highest BCUT2D eigenvalue weighted by atomic mass is 32.2. The summed E-state index contributed by atoms with van der Waals surface area (Å²) in [5.41, 5.74) is 3.12. The maximum atomic E-state index is 13.8. The zero-order chi connectivity index (χ0) is 22.9. The lowest BCUT2D eigenvalue weighted by Crippen LogP contribution is -2.18. The molecular weight excluding hydrogens is 427 g/mol. The van der Waals surface area contributed by atoms with E-state index < -0.39 is 15.7 Å². The van der Waals surface area contributed by atoms with Crippen LogP contribution in [0.25, 0.3) is 10.9 Å². The Bertz CT molecular complexity index is 1420. The summed E-state index contributed by atoms with van der Waals surface area (Å²) in [5.74, 6) is -0.904. The summed E-state index contributed by atoms with van der Waals surface area (Å²) >= 11 is 0. The predicted molar refractivity (Wildman–Crippen MR) is 124 cm³/mol. The van der Waals surface area contributed by atoms with Crippen LogP contribution in [-0.2, 0) is 26.9 Å². The van der Waals surface area contributed by atoms with Crippen LogP contribution in [0.4, 0.5) is 10.1 Å². The molecule has 7 heteroatoms. The average Bonchev–Trinajstić information content (AvgIpc) is 3.12. The van der Waals surface area contributed by atoms with Gasteiger partial charge in [0.1, 0.15) is 12.4 Å². The van der Waals surface area contributed by atoms with Gasteiger partial charge in [-0.3, -0.25) is 4.79 Å². The van der Waals surface area contributed by atoms with E-state index in [2.05, 4.69) is 5.32 Å². The van der Waals surface area contributed by atoms with Crippen molar-refractivity contribution >= 4 is 32.3 Å². The zero-order valence-corrected chi connectivity index (χ0v) is 18.6. The van der Waals surface area contributed by atoms with Crippen molar-refractivity contribution in [1.29, 1.82) is 0 Å². The molecule has 0 aliphatic carbocycles. The lowest BCUT2D eigenvalue weighted by Gasteiger charge is -2.08. The molecule has 0 saturated carbocycles. The van der Waals surface area contributed by atoms with E-state index >= 15 is 0 Å². The summed E-state index contributed by atoms with van der Waals surface area (Å²) in [6.45, 7) is 3.42. The first-order valence-corrected chi connectivity index (χ1v) is 11.8. The van der Waals surface area contributed by atoms with Crippen LogP contribution in [0, 0.1) is 19.7 Å². The molecule has 0 saturated heterocycles. The fourth-order valence-electron chi connectivity index (χ4n) is 3.67. The van der Waals surface area contributed by atoms with Crippen molar-refractivity contribution in [3.63, 3.8) is 0 Å². The van der Waals surface area contributed by atoms with Crippen LogP contribution in [-0.4, -0.2) is 18.9 Å². The Morgan fingerprint density at radius 1 is 0.969 bits per heavy atom. The number of anilines is 1. The number of amides is 1. The molecule has 0 atom stereocenters. The van der Waals surface area contributed by atoms with Gasteiger partial charge in [-0.15, -0.1) is 0 Å². The first-order chi connectivity index (χ1) is 15.2. The van der Waals surface area contributed by atoms with E-state index in [1.165, 1.54) is 12.3 Å². The number of nitrogens with zero attached hydrogens (tertiary/aromatic N) is 1. The Labute approximate surface area is 186 Å². The van der Waals surface area contributed by atoms with Gasteiger partial charge in [0.25, 0.3) is 0 Å². The number of carbonyl (C=O) groups excluding carboxylic acids is 1. The van der Waals surface area contributed by atoms with Gasteiger partial charge in [-0.25, -0.2) is 12.8 Å².